The van der Waals surface area contributed by atoms with Crippen LogP contribution in [0.1, 0.15) is 38.1 Å². The van der Waals surface area contributed by atoms with Gasteiger partial charge in [0, 0.05) is 37.6 Å². The third-order valence-electron chi connectivity index (χ3n) is 3.96. The van der Waals surface area contributed by atoms with Crippen LogP contribution in [0.15, 0.2) is 17.2 Å². The highest BCUT2D eigenvalue weighted by atomic mass is 16.5. The Balaban J connectivity index is 2.34. The first-order valence-corrected chi connectivity index (χ1v) is 7.77. The molecule has 1 N–H and O–H groups in total. The Morgan fingerprint density at radius 2 is 1.96 bits per heavy atom. The molecule has 7 heteroatoms. The molecule has 2 aliphatic rings. The molecule has 23 heavy (non-hydrogen) atoms. The third kappa shape index (κ3) is 3.61. The van der Waals surface area contributed by atoms with E-state index in [1.165, 1.54) is 7.11 Å². The number of carbonyl (C=O) groups is 1. The quantitative estimate of drug-likeness (QED) is 0.817. The van der Waals surface area contributed by atoms with Gasteiger partial charge in [0.05, 0.1) is 12.7 Å². The van der Waals surface area contributed by atoms with Gasteiger partial charge in [-0.1, -0.05) is 0 Å². The Morgan fingerprint density at radius 1 is 1.30 bits per heavy atom. The molecule has 0 fully saturated rings. The Kier molecular flexibility index (Phi) is 5.20. The number of H-pyrrole nitrogens is 1. The van der Waals surface area contributed by atoms with Crippen molar-refractivity contribution in [2.24, 2.45) is 0 Å². The average molecular weight is 320 g/mol. The van der Waals surface area contributed by atoms with Gasteiger partial charge in [0.2, 0.25) is 0 Å². The number of hydrogen-bond donors (Lipinski definition) is 1. The predicted molar refractivity (Wildman–Crippen MR) is 87.8 cm³/mol. The van der Waals surface area contributed by atoms with E-state index in [0.717, 1.165) is 6.54 Å². The molecule has 0 spiro atoms. The van der Waals surface area contributed by atoms with Crippen LogP contribution >= 0.6 is 0 Å². The van der Waals surface area contributed by atoms with Gasteiger partial charge >= 0.3 is 5.97 Å². The monoisotopic (exact) mass is 320 g/mol. The van der Waals surface area contributed by atoms with Crippen molar-refractivity contribution in [2.75, 3.05) is 13.7 Å². The Morgan fingerprint density at radius 3 is 2.52 bits per heavy atom. The van der Waals surface area contributed by atoms with Crippen LogP contribution in [0.25, 0.3) is 11.3 Å². The zero-order valence-electron chi connectivity index (χ0n) is 14.3. The molecule has 0 aromatic carbocycles. The predicted octanol–water partition coefficient (Wildman–Crippen LogP) is 1.58. The van der Waals surface area contributed by atoms with Crippen LogP contribution in [-0.4, -0.2) is 51.4 Å². The van der Waals surface area contributed by atoms with E-state index in [1.807, 2.05) is 4.57 Å². The first kappa shape index (κ1) is 17.2. The summed E-state index contributed by atoms with van der Waals surface area (Å²) in [6.45, 7) is 10.1. The zero-order valence-corrected chi connectivity index (χ0v) is 14.3. The van der Waals surface area contributed by atoms with Crippen LogP contribution in [-0.2, 0) is 11.3 Å². The van der Waals surface area contributed by atoms with Crippen molar-refractivity contribution in [3.8, 4) is 11.3 Å². The second-order valence-corrected chi connectivity index (χ2v) is 6.14. The molecule has 0 atom stereocenters. The van der Waals surface area contributed by atoms with Gasteiger partial charge in [-0.3, -0.25) is 9.69 Å². The molecule has 126 valence electrons. The lowest BCUT2D eigenvalue weighted by Gasteiger charge is -2.30. The molecule has 0 bridgehead atoms. The molecule has 0 aliphatic carbocycles. The number of pyridine rings is 1. The van der Waals surface area contributed by atoms with Gasteiger partial charge in [-0.25, -0.2) is 9.89 Å². The van der Waals surface area contributed by atoms with Gasteiger partial charge in [-0.05, 0) is 27.7 Å². The van der Waals surface area contributed by atoms with Crippen molar-refractivity contribution in [1.29, 1.82) is 0 Å². The number of nitrogens with zero attached hydrogens (tertiary/aromatic N) is 3. The maximum Gasteiger partial charge on any atom is 0.341 e. The second-order valence-electron chi connectivity index (χ2n) is 6.14. The van der Waals surface area contributed by atoms with Gasteiger partial charge in [-0.2, -0.15) is 5.10 Å². The van der Waals surface area contributed by atoms with Crippen LogP contribution in [0.3, 0.4) is 0 Å². The first-order valence-electron chi connectivity index (χ1n) is 7.77. The van der Waals surface area contributed by atoms with Crippen molar-refractivity contribution >= 4 is 5.97 Å². The van der Waals surface area contributed by atoms with Crippen molar-refractivity contribution < 1.29 is 9.53 Å². The van der Waals surface area contributed by atoms with Crippen LogP contribution in [0.5, 0.6) is 0 Å². The van der Waals surface area contributed by atoms with E-state index >= 15 is 0 Å². The number of methoxy groups -OCH3 is 1. The Hall–Kier alpha value is -2.15. The standard InChI is InChI=1S/C16H24N4O3/c1-10(2)20(11(3)4)7-6-19-8-12-14(17-18-15(12)21)13(9-19)16(22)23-5/h8-11H,6-7H2,1-5H3,(H,18,21). The molecule has 0 amide bonds. The van der Waals surface area contributed by atoms with Gasteiger partial charge in [0.1, 0.15) is 11.3 Å². The number of ether oxygens (including phenoxy) is 1. The highest BCUT2D eigenvalue weighted by molar-refractivity contribution is 5.95. The third-order valence-corrected chi connectivity index (χ3v) is 3.96. The summed E-state index contributed by atoms with van der Waals surface area (Å²) in [7, 11) is 1.32. The SMILES string of the molecule is COC(=O)c1cn(CCN(C(C)C)C(C)C)cc2c(=O)[nH]nc1-2. The molecular weight excluding hydrogens is 296 g/mol. The molecule has 0 aromatic rings. The summed E-state index contributed by atoms with van der Waals surface area (Å²) in [6, 6.07) is 0.840. The maximum absolute atomic E-state index is 11.9. The second kappa shape index (κ2) is 6.95. The molecular formula is C16H24N4O3. The van der Waals surface area contributed by atoms with Crippen molar-refractivity contribution in [1.82, 2.24) is 19.7 Å². The van der Waals surface area contributed by atoms with Crippen molar-refractivity contribution in [2.45, 2.75) is 46.3 Å². The number of rotatable bonds is 6. The highest BCUT2D eigenvalue weighted by Gasteiger charge is 2.22. The Labute approximate surface area is 135 Å². The minimum atomic E-state index is -0.500. The molecule has 0 aromatic heterocycles. The normalized spacial score (nSPS) is 11.8. The largest absolute Gasteiger partial charge is 0.465 e. The lowest BCUT2D eigenvalue weighted by Crippen LogP contribution is -2.39. The maximum atomic E-state index is 11.9. The molecule has 0 radical (unpaired) electrons. The summed E-state index contributed by atoms with van der Waals surface area (Å²) in [5.74, 6) is -0.500. The molecule has 2 heterocycles. The van der Waals surface area contributed by atoms with E-state index in [4.69, 9.17) is 4.74 Å². The van der Waals surface area contributed by atoms with Crippen molar-refractivity contribution in [3.63, 3.8) is 0 Å². The molecule has 2 rings (SSSR count). The van der Waals surface area contributed by atoms with Gasteiger partial charge in [0.25, 0.3) is 5.56 Å². The van der Waals surface area contributed by atoms with Gasteiger partial charge in [-0.15, -0.1) is 0 Å². The van der Waals surface area contributed by atoms with E-state index < -0.39 is 5.97 Å². The number of esters is 1. The fourth-order valence-electron chi connectivity index (χ4n) is 2.82. The van der Waals surface area contributed by atoms with E-state index in [2.05, 4.69) is 42.8 Å². The van der Waals surface area contributed by atoms with E-state index in [-0.39, 0.29) is 5.56 Å². The summed E-state index contributed by atoms with van der Waals surface area (Å²) in [5, 5.41) is 6.31. The topological polar surface area (TPSA) is 80.2 Å². The van der Waals surface area contributed by atoms with Gasteiger partial charge in [0.15, 0.2) is 0 Å². The molecule has 0 saturated carbocycles. The fraction of sp³-hybridized carbons (Fsp3) is 0.562. The number of carbonyl (C=O) groups excluding carboxylic acids is 1. The van der Waals surface area contributed by atoms with E-state index in [9.17, 15) is 9.59 Å². The van der Waals surface area contributed by atoms with E-state index in [1.54, 1.807) is 12.4 Å². The average Bonchev–Trinajstić information content (AvgIpc) is 2.86. The van der Waals surface area contributed by atoms with Crippen LogP contribution in [0.4, 0.5) is 0 Å². The van der Waals surface area contributed by atoms with Crippen LogP contribution in [0, 0.1) is 0 Å². The number of nitrogens with one attached hydrogen (secondary N) is 1. The van der Waals surface area contributed by atoms with Gasteiger partial charge < -0.3 is 9.30 Å². The number of aromatic nitrogens is 3. The zero-order chi connectivity index (χ0) is 17.1. The Bertz CT molecular complexity index is 694. The molecule has 0 saturated heterocycles. The number of hydrogen-bond acceptors (Lipinski definition) is 5. The lowest BCUT2D eigenvalue weighted by molar-refractivity contribution is 0.0600. The minimum absolute atomic E-state index is 0.295. The van der Waals surface area contributed by atoms with Crippen LogP contribution in [0.2, 0.25) is 0 Å². The smallest absolute Gasteiger partial charge is 0.341 e. The minimum Gasteiger partial charge on any atom is -0.465 e. The number of aromatic amines is 1. The summed E-state index contributed by atoms with van der Waals surface area (Å²) in [6.07, 6.45) is 3.42. The first-order chi connectivity index (χ1) is 10.8. The summed E-state index contributed by atoms with van der Waals surface area (Å²) in [4.78, 5) is 26.1. The summed E-state index contributed by atoms with van der Waals surface area (Å²) < 4.78 is 6.64. The molecule has 2 aliphatic heterocycles. The fourth-order valence-corrected chi connectivity index (χ4v) is 2.82. The van der Waals surface area contributed by atoms with Crippen molar-refractivity contribution in [3.05, 3.63) is 28.3 Å². The molecule has 0 unspecified atom stereocenters. The number of fused-ring (bicyclic) bond motifs is 1. The summed E-state index contributed by atoms with van der Waals surface area (Å²) in [5.41, 5.74) is 0.740. The molecule has 7 nitrogen and oxygen atoms in total. The van der Waals surface area contributed by atoms with Crippen LogP contribution < -0.4 is 5.56 Å². The highest BCUT2D eigenvalue weighted by Crippen LogP contribution is 2.20. The summed E-state index contributed by atoms with van der Waals surface area (Å²) >= 11 is 0. The lowest BCUT2D eigenvalue weighted by atomic mass is 10.1. The van der Waals surface area contributed by atoms with E-state index in [0.29, 0.717) is 35.4 Å².